The van der Waals surface area contributed by atoms with Crippen LogP contribution in [0.25, 0.3) is 0 Å². The van der Waals surface area contributed by atoms with Gasteiger partial charge in [0.05, 0.1) is 0 Å². The summed E-state index contributed by atoms with van der Waals surface area (Å²) in [7, 11) is -3.50. The summed E-state index contributed by atoms with van der Waals surface area (Å²) in [5, 5.41) is 4.07. The molecule has 6 nitrogen and oxygen atoms in total. The number of sulfonamides is 1. The van der Waals surface area contributed by atoms with E-state index in [1.54, 1.807) is 10.9 Å². The highest BCUT2D eigenvalue weighted by molar-refractivity contribution is 7.89. The average Bonchev–Trinajstić information content (AvgIpc) is 2.71. The van der Waals surface area contributed by atoms with Crippen molar-refractivity contribution < 1.29 is 8.42 Å². The number of aryl methyl sites for hydroxylation is 1. The summed E-state index contributed by atoms with van der Waals surface area (Å²) in [6.07, 6.45) is 4.43. The Hall–Kier alpha value is -1.08. The highest BCUT2D eigenvalue weighted by Gasteiger charge is 2.31. The fourth-order valence-corrected chi connectivity index (χ4v) is 4.12. The minimum absolute atomic E-state index is 0.103. The second-order valence-corrected chi connectivity index (χ2v) is 7.16. The first-order valence-corrected chi connectivity index (χ1v) is 8.22. The molecule has 108 valence electrons. The van der Waals surface area contributed by atoms with Crippen LogP contribution in [-0.2, 0) is 16.6 Å². The number of hydrogen-bond acceptors (Lipinski definition) is 4. The topological polar surface area (TPSA) is 81.2 Å². The van der Waals surface area contributed by atoms with Crippen LogP contribution in [0.5, 0.6) is 0 Å². The van der Waals surface area contributed by atoms with Crippen molar-refractivity contribution in [2.75, 3.05) is 18.8 Å². The van der Waals surface area contributed by atoms with E-state index in [-0.39, 0.29) is 10.7 Å². The molecule has 1 saturated heterocycles. The SMILES string of the molecule is CCCn1cc(S(=O)(=O)N2CCCC(C)C2)c(N)n1. The Morgan fingerprint density at radius 3 is 2.89 bits per heavy atom. The summed E-state index contributed by atoms with van der Waals surface area (Å²) in [4.78, 5) is 0.148. The lowest BCUT2D eigenvalue weighted by Gasteiger charge is -2.29. The third-order valence-electron chi connectivity index (χ3n) is 3.45. The van der Waals surface area contributed by atoms with Crippen molar-refractivity contribution in [3.8, 4) is 0 Å². The highest BCUT2D eigenvalue weighted by atomic mass is 32.2. The van der Waals surface area contributed by atoms with Crippen LogP contribution in [0.1, 0.15) is 33.1 Å². The van der Waals surface area contributed by atoms with Crippen LogP contribution in [0.4, 0.5) is 5.82 Å². The molecule has 1 fully saturated rings. The second kappa shape index (κ2) is 5.50. The predicted octanol–water partition coefficient (Wildman–Crippen LogP) is 1.30. The van der Waals surface area contributed by atoms with E-state index in [9.17, 15) is 8.42 Å². The monoisotopic (exact) mass is 286 g/mol. The third-order valence-corrected chi connectivity index (χ3v) is 5.33. The van der Waals surface area contributed by atoms with E-state index >= 15 is 0 Å². The molecule has 1 aromatic heterocycles. The maximum atomic E-state index is 12.6. The Balaban J connectivity index is 2.28. The molecule has 0 aliphatic carbocycles. The van der Waals surface area contributed by atoms with Gasteiger partial charge in [0, 0.05) is 25.8 Å². The van der Waals surface area contributed by atoms with Crippen LogP contribution in [0.3, 0.4) is 0 Å². The number of aromatic nitrogens is 2. The number of rotatable bonds is 4. The summed E-state index contributed by atoms with van der Waals surface area (Å²) < 4.78 is 28.3. The van der Waals surface area contributed by atoms with E-state index < -0.39 is 10.0 Å². The van der Waals surface area contributed by atoms with Crippen molar-refractivity contribution in [3.63, 3.8) is 0 Å². The summed E-state index contributed by atoms with van der Waals surface area (Å²) >= 11 is 0. The molecule has 0 bridgehead atoms. The molecule has 0 spiro atoms. The summed E-state index contributed by atoms with van der Waals surface area (Å²) in [5.41, 5.74) is 5.76. The quantitative estimate of drug-likeness (QED) is 0.904. The zero-order valence-corrected chi connectivity index (χ0v) is 12.4. The van der Waals surface area contributed by atoms with Crippen molar-refractivity contribution >= 4 is 15.8 Å². The minimum atomic E-state index is -3.50. The van der Waals surface area contributed by atoms with Crippen LogP contribution in [-0.4, -0.2) is 35.6 Å². The normalized spacial score (nSPS) is 21.7. The zero-order chi connectivity index (χ0) is 14.0. The summed E-state index contributed by atoms with van der Waals surface area (Å²) in [6, 6.07) is 0. The molecule has 7 heteroatoms. The van der Waals surface area contributed by atoms with Crippen molar-refractivity contribution in [1.29, 1.82) is 0 Å². The Bertz CT molecular complexity index is 538. The number of hydrogen-bond donors (Lipinski definition) is 1. The smallest absolute Gasteiger partial charge is 0.248 e. The number of nitrogen functional groups attached to an aromatic ring is 1. The van der Waals surface area contributed by atoms with E-state index in [1.165, 1.54) is 4.31 Å². The molecule has 0 aromatic carbocycles. The molecule has 0 radical (unpaired) electrons. The second-order valence-electron chi connectivity index (χ2n) is 5.25. The van der Waals surface area contributed by atoms with Crippen LogP contribution in [0, 0.1) is 5.92 Å². The van der Waals surface area contributed by atoms with E-state index in [4.69, 9.17) is 5.73 Å². The third kappa shape index (κ3) is 2.92. The molecule has 2 N–H and O–H groups in total. The molecule has 0 amide bonds. The number of nitrogens with zero attached hydrogens (tertiary/aromatic N) is 3. The molecule has 1 atom stereocenters. The lowest BCUT2D eigenvalue weighted by Crippen LogP contribution is -2.39. The highest BCUT2D eigenvalue weighted by Crippen LogP contribution is 2.26. The molecule has 2 rings (SSSR count). The Morgan fingerprint density at radius 1 is 1.53 bits per heavy atom. The Kier molecular flexibility index (Phi) is 4.15. The first-order chi connectivity index (χ1) is 8.95. The van der Waals surface area contributed by atoms with Crippen molar-refractivity contribution in [3.05, 3.63) is 6.20 Å². The first-order valence-electron chi connectivity index (χ1n) is 6.78. The molecular weight excluding hydrogens is 264 g/mol. The standard InChI is InChI=1S/C12H22N4O2S/c1-3-6-15-9-11(12(13)14-15)19(17,18)16-7-4-5-10(2)8-16/h9-10H,3-8H2,1-2H3,(H2,13,14). The largest absolute Gasteiger partial charge is 0.381 e. The lowest BCUT2D eigenvalue weighted by atomic mass is 10.0. The van der Waals surface area contributed by atoms with E-state index in [2.05, 4.69) is 12.0 Å². The molecule has 2 heterocycles. The Labute approximate surface area is 114 Å². The maximum absolute atomic E-state index is 12.6. The van der Waals surface area contributed by atoms with Crippen molar-refractivity contribution in [2.45, 2.75) is 44.6 Å². The molecule has 1 aliphatic heterocycles. The molecule has 1 aliphatic rings. The summed E-state index contributed by atoms with van der Waals surface area (Å²) in [5.74, 6) is 0.502. The van der Waals surface area contributed by atoms with Gasteiger partial charge in [-0.2, -0.15) is 9.40 Å². The molecule has 1 aromatic rings. The zero-order valence-electron chi connectivity index (χ0n) is 11.5. The van der Waals surface area contributed by atoms with Crippen molar-refractivity contribution in [2.24, 2.45) is 5.92 Å². The van der Waals surface area contributed by atoms with Gasteiger partial charge in [-0.15, -0.1) is 0 Å². The van der Waals surface area contributed by atoms with Gasteiger partial charge in [0.15, 0.2) is 5.82 Å². The van der Waals surface area contributed by atoms with Crippen LogP contribution >= 0.6 is 0 Å². The van der Waals surface area contributed by atoms with Crippen LogP contribution < -0.4 is 5.73 Å². The van der Waals surface area contributed by atoms with Crippen molar-refractivity contribution in [1.82, 2.24) is 14.1 Å². The molecular formula is C12H22N4O2S. The van der Waals surface area contributed by atoms with Gasteiger partial charge >= 0.3 is 0 Å². The van der Waals surface area contributed by atoms with Gasteiger partial charge in [-0.25, -0.2) is 8.42 Å². The number of anilines is 1. The Morgan fingerprint density at radius 2 is 2.26 bits per heavy atom. The predicted molar refractivity (Wildman–Crippen MR) is 74.1 cm³/mol. The van der Waals surface area contributed by atoms with Crippen LogP contribution in [0.2, 0.25) is 0 Å². The van der Waals surface area contributed by atoms with Gasteiger partial charge in [-0.1, -0.05) is 13.8 Å². The molecule has 1 unspecified atom stereocenters. The van der Waals surface area contributed by atoms with Gasteiger partial charge in [-0.3, -0.25) is 4.68 Å². The first kappa shape index (κ1) is 14.3. The van der Waals surface area contributed by atoms with Gasteiger partial charge in [0.2, 0.25) is 10.0 Å². The van der Waals surface area contributed by atoms with E-state index in [0.29, 0.717) is 25.6 Å². The van der Waals surface area contributed by atoms with Gasteiger partial charge < -0.3 is 5.73 Å². The number of nitrogens with two attached hydrogens (primary N) is 1. The minimum Gasteiger partial charge on any atom is -0.381 e. The fourth-order valence-electron chi connectivity index (χ4n) is 2.46. The lowest BCUT2D eigenvalue weighted by molar-refractivity contribution is 0.281. The van der Waals surface area contributed by atoms with Gasteiger partial charge in [-0.05, 0) is 25.2 Å². The summed E-state index contributed by atoms with van der Waals surface area (Å²) in [6.45, 7) is 5.91. The fraction of sp³-hybridized carbons (Fsp3) is 0.750. The van der Waals surface area contributed by atoms with Gasteiger partial charge in [0.1, 0.15) is 4.90 Å². The van der Waals surface area contributed by atoms with E-state index in [1.807, 2.05) is 6.92 Å². The molecule has 0 saturated carbocycles. The van der Waals surface area contributed by atoms with Gasteiger partial charge in [0.25, 0.3) is 0 Å². The average molecular weight is 286 g/mol. The molecule has 19 heavy (non-hydrogen) atoms. The van der Waals surface area contributed by atoms with E-state index in [0.717, 1.165) is 19.3 Å². The van der Waals surface area contributed by atoms with Crippen LogP contribution in [0.15, 0.2) is 11.1 Å². The number of piperidine rings is 1. The maximum Gasteiger partial charge on any atom is 0.248 e.